The Morgan fingerprint density at radius 3 is 2.52 bits per heavy atom. The summed E-state index contributed by atoms with van der Waals surface area (Å²) < 4.78 is 0. The zero-order chi connectivity index (χ0) is 15.4. The molecule has 1 aromatic rings. The third kappa shape index (κ3) is 2.17. The summed E-state index contributed by atoms with van der Waals surface area (Å²) in [6, 6.07) is 3.96. The lowest BCUT2D eigenvalue weighted by molar-refractivity contribution is -0.116. The Hall–Kier alpha value is -1.71. The molecule has 0 bridgehead atoms. The van der Waals surface area contributed by atoms with Crippen LogP contribution in [0.15, 0.2) is 12.1 Å². The summed E-state index contributed by atoms with van der Waals surface area (Å²) in [5, 5.41) is 6.39. The Balaban J connectivity index is 1.74. The van der Waals surface area contributed by atoms with Gasteiger partial charge in [0.15, 0.2) is 0 Å². The summed E-state index contributed by atoms with van der Waals surface area (Å²) in [5.74, 6) is 0.726. The fourth-order valence-corrected chi connectivity index (χ4v) is 3.65. The minimum atomic E-state index is 0.0732. The zero-order valence-corrected chi connectivity index (χ0v) is 13.3. The predicted octanol–water partition coefficient (Wildman–Crippen LogP) is 3.25. The Morgan fingerprint density at radius 1 is 1.24 bits per heavy atom. The van der Waals surface area contributed by atoms with Crippen molar-refractivity contribution in [1.29, 1.82) is 0 Å². The van der Waals surface area contributed by atoms with Gasteiger partial charge in [0, 0.05) is 18.7 Å². The molecule has 1 aromatic carbocycles. The largest absolute Gasteiger partial charge is 0.397 e. The molecule has 4 N–H and O–H groups in total. The number of hydrogen-bond donors (Lipinski definition) is 3. The molecule has 4 heteroatoms. The molecule has 3 rings (SSSR count). The summed E-state index contributed by atoms with van der Waals surface area (Å²) in [6.07, 6.45) is 1.34. The molecule has 1 aliphatic heterocycles. The van der Waals surface area contributed by atoms with Crippen LogP contribution < -0.4 is 16.4 Å². The molecular formula is C17H25N3O. The first-order chi connectivity index (χ1) is 9.73. The van der Waals surface area contributed by atoms with Crippen molar-refractivity contribution in [3.8, 4) is 0 Å². The van der Waals surface area contributed by atoms with Crippen molar-refractivity contribution in [2.45, 2.75) is 40.5 Å². The average molecular weight is 287 g/mol. The van der Waals surface area contributed by atoms with E-state index in [9.17, 15) is 4.79 Å². The van der Waals surface area contributed by atoms with Gasteiger partial charge < -0.3 is 16.4 Å². The molecule has 1 heterocycles. The predicted molar refractivity (Wildman–Crippen MR) is 87.3 cm³/mol. The van der Waals surface area contributed by atoms with E-state index in [1.54, 1.807) is 0 Å². The Bertz CT molecular complexity index is 590. The summed E-state index contributed by atoms with van der Waals surface area (Å²) >= 11 is 0. The summed E-state index contributed by atoms with van der Waals surface area (Å²) in [5.41, 5.74) is 10.6. The van der Waals surface area contributed by atoms with Gasteiger partial charge in [-0.25, -0.2) is 0 Å². The van der Waals surface area contributed by atoms with Crippen LogP contribution in [0, 0.1) is 16.7 Å². The molecule has 0 saturated heterocycles. The SMILES string of the molecule is CC1(C)C(CNc2cc3c(cc2N)NC(=O)CC3)C1(C)C. The van der Waals surface area contributed by atoms with E-state index < -0.39 is 0 Å². The van der Waals surface area contributed by atoms with Crippen molar-refractivity contribution in [2.24, 2.45) is 16.7 Å². The topological polar surface area (TPSA) is 67.2 Å². The number of fused-ring (bicyclic) bond motifs is 1. The highest BCUT2D eigenvalue weighted by atomic mass is 16.1. The molecule has 0 radical (unpaired) electrons. The molecule has 1 saturated carbocycles. The van der Waals surface area contributed by atoms with Crippen molar-refractivity contribution in [1.82, 2.24) is 0 Å². The minimum absolute atomic E-state index is 0.0732. The van der Waals surface area contributed by atoms with Gasteiger partial charge in [0.25, 0.3) is 0 Å². The minimum Gasteiger partial charge on any atom is -0.397 e. The van der Waals surface area contributed by atoms with E-state index in [0.29, 0.717) is 28.9 Å². The maximum absolute atomic E-state index is 11.4. The lowest BCUT2D eigenvalue weighted by Gasteiger charge is -2.20. The van der Waals surface area contributed by atoms with Gasteiger partial charge in [0.2, 0.25) is 5.91 Å². The van der Waals surface area contributed by atoms with Gasteiger partial charge in [0.05, 0.1) is 11.4 Å². The second kappa shape index (κ2) is 4.39. The molecule has 114 valence electrons. The smallest absolute Gasteiger partial charge is 0.224 e. The van der Waals surface area contributed by atoms with Gasteiger partial charge in [-0.3, -0.25) is 4.79 Å². The van der Waals surface area contributed by atoms with E-state index in [1.807, 2.05) is 6.07 Å². The van der Waals surface area contributed by atoms with E-state index in [2.05, 4.69) is 44.4 Å². The molecular weight excluding hydrogens is 262 g/mol. The van der Waals surface area contributed by atoms with Crippen molar-refractivity contribution >= 4 is 23.0 Å². The van der Waals surface area contributed by atoms with E-state index in [1.165, 1.54) is 5.56 Å². The Labute approximate surface area is 126 Å². The third-order valence-electron chi connectivity index (χ3n) is 5.99. The number of nitrogens with two attached hydrogens (primary N) is 1. The van der Waals surface area contributed by atoms with Crippen LogP contribution in [0.25, 0.3) is 0 Å². The number of rotatable bonds is 3. The molecule has 2 aliphatic rings. The monoisotopic (exact) mass is 287 g/mol. The fraction of sp³-hybridized carbons (Fsp3) is 0.588. The van der Waals surface area contributed by atoms with Crippen molar-refractivity contribution in [3.63, 3.8) is 0 Å². The van der Waals surface area contributed by atoms with Gasteiger partial charge in [0.1, 0.15) is 0 Å². The molecule has 1 fully saturated rings. The summed E-state index contributed by atoms with van der Waals surface area (Å²) in [4.78, 5) is 11.4. The highest BCUT2D eigenvalue weighted by Gasteiger charge is 2.64. The van der Waals surface area contributed by atoms with Crippen LogP contribution in [0.3, 0.4) is 0 Å². The Kier molecular flexibility index (Phi) is 2.98. The second-order valence-corrected chi connectivity index (χ2v) is 7.52. The van der Waals surface area contributed by atoms with E-state index in [4.69, 9.17) is 5.73 Å². The number of carbonyl (C=O) groups is 1. The quantitative estimate of drug-likeness (QED) is 0.748. The maximum atomic E-state index is 11.4. The number of anilines is 3. The van der Waals surface area contributed by atoms with Crippen LogP contribution in [0.4, 0.5) is 17.1 Å². The first kappa shape index (κ1) is 14.2. The van der Waals surface area contributed by atoms with Gasteiger partial charge in [-0.15, -0.1) is 0 Å². The van der Waals surface area contributed by atoms with E-state index in [0.717, 1.165) is 24.3 Å². The number of carbonyl (C=O) groups excluding carboxylic acids is 1. The number of amides is 1. The molecule has 1 aliphatic carbocycles. The summed E-state index contributed by atoms with van der Waals surface area (Å²) in [6.45, 7) is 10.2. The van der Waals surface area contributed by atoms with Crippen LogP contribution in [0.2, 0.25) is 0 Å². The molecule has 1 amide bonds. The highest BCUT2D eigenvalue weighted by Crippen LogP contribution is 2.68. The molecule has 21 heavy (non-hydrogen) atoms. The van der Waals surface area contributed by atoms with Gasteiger partial charge in [-0.2, -0.15) is 0 Å². The van der Waals surface area contributed by atoms with Crippen LogP contribution in [0.5, 0.6) is 0 Å². The van der Waals surface area contributed by atoms with Crippen molar-refractivity contribution < 1.29 is 4.79 Å². The molecule has 4 nitrogen and oxygen atoms in total. The number of nitrogens with one attached hydrogen (secondary N) is 2. The maximum Gasteiger partial charge on any atom is 0.224 e. The molecule has 0 unspecified atom stereocenters. The van der Waals surface area contributed by atoms with Crippen LogP contribution in [-0.4, -0.2) is 12.5 Å². The Morgan fingerprint density at radius 2 is 1.90 bits per heavy atom. The van der Waals surface area contributed by atoms with E-state index >= 15 is 0 Å². The average Bonchev–Trinajstić information content (AvgIpc) is 2.77. The standard InChI is InChI=1S/C17H25N3O/c1-16(2)14(17(16,3)4)9-19-13-7-10-5-6-15(21)20-12(10)8-11(13)18/h7-8,14,19H,5-6,9,18H2,1-4H3,(H,20,21). The third-order valence-corrected chi connectivity index (χ3v) is 5.99. The van der Waals surface area contributed by atoms with Gasteiger partial charge >= 0.3 is 0 Å². The lowest BCUT2D eigenvalue weighted by Crippen LogP contribution is -2.20. The molecule has 0 atom stereocenters. The number of hydrogen-bond acceptors (Lipinski definition) is 3. The van der Waals surface area contributed by atoms with Crippen LogP contribution >= 0.6 is 0 Å². The van der Waals surface area contributed by atoms with Gasteiger partial charge in [-0.1, -0.05) is 27.7 Å². The van der Waals surface area contributed by atoms with E-state index in [-0.39, 0.29) is 5.91 Å². The first-order valence-electron chi connectivity index (χ1n) is 7.69. The normalized spacial score (nSPS) is 22.4. The number of benzene rings is 1. The van der Waals surface area contributed by atoms with Crippen LogP contribution in [-0.2, 0) is 11.2 Å². The van der Waals surface area contributed by atoms with Gasteiger partial charge in [-0.05, 0) is 40.9 Å². The highest BCUT2D eigenvalue weighted by molar-refractivity contribution is 5.95. The molecule has 0 aromatic heterocycles. The van der Waals surface area contributed by atoms with Crippen molar-refractivity contribution in [2.75, 3.05) is 22.9 Å². The second-order valence-electron chi connectivity index (χ2n) is 7.52. The summed E-state index contributed by atoms with van der Waals surface area (Å²) in [7, 11) is 0. The first-order valence-corrected chi connectivity index (χ1v) is 7.69. The lowest BCUT2D eigenvalue weighted by atomic mass is 10.0. The zero-order valence-electron chi connectivity index (χ0n) is 13.3. The van der Waals surface area contributed by atoms with Crippen molar-refractivity contribution in [3.05, 3.63) is 17.7 Å². The number of aryl methyl sites for hydroxylation is 1. The van der Waals surface area contributed by atoms with Crippen LogP contribution in [0.1, 0.15) is 39.7 Å². The number of nitrogen functional groups attached to an aromatic ring is 1. The fourth-order valence-electron chi connectivity index (χ4n) is 3.65. The molecule has 0 spiro atoms.